The van der Waals surface area contributed by atoms with Crippen molar-refractivity contribution in [1.29, 1.82) is 0 Å². The number of nitrogens with zero attached hydrogens (tertiary/aromatic N) is 1. The van der Waals surface area contributed by atoms with Gasteiger partial charge in [0.05, 0.1) is 12.5 Å². The molecule has 110 valence electrons. The summed E-state index contributed by atoms with van der Waals surface area (Å²) in [6, 6.07) is 7.25. The van der Waals surface area contributed by atoms with Crippen molar-refractivity contribution >= 4 is 11.7 Å². The maximum atomic E-state index is 12.3. The van der Waals surface area contributed by atoms with Crippen LogP contribution in [0.1, 0.15) is 49.5 Å². The zero-order valence-corrected chi connectivity index (χ0v) is 12.9. The second kappa shape index (κ2) is 6.66. The van der Waals surface area contributed by atoms with Crippen molar-refractivity contribution in [2.45, 2.75) is 39.0 Å². The van der Waals surface area contributed by atoms with E-state index < -0.39 is 5.41 Å². The molecule has 0 bridgehead atoms. The molecule has 0 N–H and O–H groups in total. The van der Waals surface area contributed by atoms with Crippen LogP contribution >= 0.6 is 0 Å². The summed E-state index contributed by atoms with van der Waals surface area (Å²) >= 11 is 0. The lowest BCUT2D eigenvalue weighted by atomic mass is 9.83. The number of likely N-dealkylation sites (N-methyl/N-ethyl adjacent to an activating group) is 1. The lowest BCUT2D eigenvalue weighted by Gasteiger charge is -2.28. The Morgan fingerprint density at radius 3 is 2.20 bits per heavy atom. The first-order chi connectivity index (χ1) is 9.34. The molecule has 0 aromatic heterocycles. The maximum absolute atomic E-state index is 12.3. The van der Waals surface area contributed by atoms with Crippen LogP contribution in [0, 0.1) is 0 Å². The molecular weight excluding hydrogens is 254 g/mol. The van der Waals surface area contributed by atoms with Crippen molar-refractivity contribution in [1.82, 2.24) is 5.06 Å². The van der Waals surface area contributed by atoms with Gasteiger partial charge < -0.3 is 0 Å². The van der Waals surface area contributed by atoms with Crippen molar-refractivity contribution < 1.29 is 14.4 Å². The molecule has 0 aliphatic heterocycles. The summed E-state index contributed by atoms with van der Waals surface area (Å²) in [6.07, 6.45) is 1.39. The number of ketones is 1. The molecule has 0 radical (unpaired) electrons. The molecule has 0 saturated carbocycles. The molecule has 0 aliphatic rings. The van der Waals surface area contributed by atoms with Crippen LogP contribution in [0.2, 0.25) is 0 Å². The van der Waals surface area contributed by atoms with Gasteiger partial charge in [-0.15, -0.1) is 0 Å². The molecule has 4 nitrogen and oxygen atoms in total. The van der Waals surface area contributed by atoms with Crippen molar-refractivity contribution in [3.8, 4) is 0 Å². The van der Waals surface area contributed by atoms with Gasteiger partial charge in [-0.05, 0) is 25.8 Å². The van der Waals surface area contributed by atoms with Crippen LogP contribution < -0.4 is 0 Å². The smallest absolute Gasteiger partial charge is 0.255 e. The summed E-state index contributed by atoms with van der Waals surface area (Å²) in [7, 11) is 3.05. The Kier molecular flexibility index (Phi) is 5.45. The van der Waals surface area contributed by atoms with Gasteiger partial charge in [0.1, 0.15) is 0 Å². The summed E-state index contributed by atoms with van der Waals surface area (Å²) in [5, 5.41) is 1.22. The largest absolute Gasteiger partial charge is 0.294 e. The number of carbonyl (C=O) groups excluding carboxylic acids is 2. The monoisotopic (exact) mass is 277 g/mol. The molecule has 0 saturated heterocycles. The van der Waals surface area contributed by atoms with E-state index in [9.17, 15) is 9.59 Å². The number of hydroxylamine groups is 2. The van der Waals surface area contributed by atoms with Crippen LogP contribution in [-0.4, -0.2) is 30.9 Å². The number of rotatable bonds is 6. The van der Waals surface area contributed by atoms with Gasteiger partial charge in [0.25, 0.3) is 5.91 Å². The molecule has 0 aliphatic carbocycles. The zero-order chi connectivity index (χ0) is 15.3. The van der Waals surface area contributed by atoms with Crippen LogP contribution in [0.25, 0.3) is 0 Å². The van der Waals surface area contributed by atoms with Gasteiger partial charge in [0.15, 0.2) is 5.78 Å². The van der Waals surface area contributed by atoms with Gasteiger partial charge in [-0.3, -0.25) is 14.4 Å². The fraction of sp³-hybridized carbons (Fsp3) is 0.500. The third kappa shape index (κ3) is 3.45. The Bertz CT molecular complexity index is 477. The summed E-state index contributed by atoms with van der Waals surface area (Å²) in [5.41, 5.74) is 0.857. The van der Waals surface area contributed by atoms with E-state index in [1.54, 1.807) is 19.2 Å². The Hall–Kier alpha value is -1.68. The highest BCUT2D eigenvalue weighted by Crippen LogP contribution is 2.26. The predicted molar refractivity (Wildman–Crippen MR) is 78.5 cm³/mol. The molecule has 1 aromatic carbocycles. The Morgan fingerprint density at radius 1 is 1.20 bits per heavy atom. The van der Waals surface area contributed by atoms with E-state index in [-0.39, 0.29) is 11.7 Å². The van der Waals surface area contributed by atoms with Gasteiger partial charge >= 0.3 is 0 Å². The first-order valence-electron chi connectivity index (χ1n) is 6.80. The average molecular weight is 277 g/mol. The number of hydrogen-bond donors (Lipinski definition) is 0. The second-order valence-electron chi connectivity index (χ2n) is 5.36. The van der Waals surface area contributed by atoms with E-state index in [4.69, 9.17) is 4.84 Å². The van der Waals surface area contributed by atoms with Crippen LogP contribution in [0.4, 0.5) is 0 Å². The van der Waals surface area contributed by atoms with Crippen molar-refractivity contribution in [3.63, 3.8) is 0 Å². The van der Waals surface area contributed by atoms with Crippen molar-refractivity contribution in [3.05, 3.63) is 35.4 Å². The quantitative estimate of drug-likeness (QED) is 0.593. The van der Waals surface area contributed by atoms with E-state index in [1.807, 2.05) is 32.9 Å². The topological polar surface area (TPSA) is 46.6 Å². The van der Waals surface area contributed by atoms with E-state index in [1.165, 1.54) is 12.2 Å². The van der Waals surface area contributed by atoms with E-state index in [0.29, 0.717) is 12.0 Å². The average Bonchev–Trinajstić information content (AvgIpc) is 2.45. The van der Waals surface area contributed by atoms with Gasteiger partial charge in [0.2, 0.25) is 0 Å². The summed E-state index contributed by atoms with van der Waals surface area (Å²) in [6.45, 7) is 5.66. The maximum Gasteiger partial charge on any atom is 0.255 e. The second-order valence-corrected chi connectivity index (χ2v) is 5.36. The Labute approximate surface area is 120 Å². The fourth-order valence-electron chi connectivity index (χ4n) is 2.04. The number of benzene rings is 1. The molecule has 0 heterocycles. The van der Waals surface area contributed by atoms with Crippen molar-refractivity contribution in [2.24, 2.45) is 0 Å². The Morgan fingerprint density at radius 2 is 1.75 bits per heavy atom. The molecule has 0 unspecified atom stereocenters. The van der Waals surface area contributed by atoms with Gasteiger partial charge in [-0.25, -0.2) is 5.06 Å². The number of amides is 1. The van der Waals surface area contributed by atoms with Gasteiger partial charge in [-0.1, -0.05) is 31.2 Å². The van der Waals surface area contributed by atoms with Crippen molar-refractivity contribution in [2.75, 3.05) is 14.2 Å². The molecule has 0 fully saturated rings. The Balaban J connectivity index is 2.97. The van der Waals surface area contributed by atoms with Gasteiger partial charge in [-0.2, -0.15) is 0 Å². The number of carbonyl (C=O) groups is 2. The fourth-order valence-corrected chi connectivity index (χ4v) is 2.04. The van der Waals surface area contributed by atoms with E-state index in [0.717, 1.165) is 12.0 Å². The minimum atomic E-state index is -0.697. The molecule has 0 atom stereocenters. The van der Waals surface area contributed by atoms with Crippen LogP contribution in [0.5, 0.6) is 0 Å². The minimum absolute atomic E-state index is 0.132. The first-order valence-corrected chi connectivity index (χ1v) is 6.80. The zero-order valence-electron chi connectivity index (χ0n) is 12.9. The number of hydrogen-bond acceptors (Lipinski definition) is 3. The molecule has 1 rings (SSSR count). The van der Waals surface area contributed by atoms with Crippen LogP contribution in [0.3, 0.4) is 0 Å². The molecule has 4 heteroatoms. The van der Waals surface area contributed by atoms with Gasteiger partial charge in [0, 0.05) is 19.0 Å². The SMILES string of the molecule is CCCC(=O)c1ccc(C(C)(C)C(=O)N(C)OC)cc1. The predicted octanol–water partition coefficient (Wildman–Crippen LogP) is 2.97. The first kappa shape index (κ1) is 16.4. The third-order valence-corrected chi connectivity index (χ3v) is 3.50. The molecule has 20 heavy (non-hydrogen) atoms. The molecular formula is C16H23NO3. The summed E-state index contributed by atoms with van der Waals surface area (Å²) in [5.74, 6) is 0.00447. The highest BCUT2D eigenvalue weighted by Gasteiger charge is 2.32. The number of Topliss-reactive ketones (excluding diaryl/α,β-unsaturated/α-hetero) is 1. The summed E-state index contributed by atoms with van der Waals surface area (Å²) < 4.78 is 0. The summed E-state index contributed by atoms with van der Waals surface area (Å²) in [4.78, 5) is 29.0. The molecule has 1 amide bonds. The highest BCUT2D eigenvalue weighted by molar-refractivity contribution is 5.96. The lowest BCUT2D eigenvalue weighted by molar-refractivity contribution is -0.174. The van der Waals surface area contributed by atoms with E-state index in [2.05, 4.69) is 0 Å². The molecule has 1 aromatic rings. The minimum Gasteiger partial charge on any atom is -0.294 e. The van der Waals surface area contributed by atoms with Crippen LogP contribution in [0.15, 0.2) is 24.3 Å². The van der Waals surface area contributed by atoms with E-state index >= 15 is 0 Å². The normalized spacial score (nSPS) is 11.2. The molecule has 0 spiro atoms. The lowest BCUT2D eigenvalue weighted by Crippen LogP contribution is -2.40. The highest BCUT2D eigenvalue weighted by atomic mass is 16.7. The third-order valence-electron chi connectivity index (χ3n) is 3.50. The van der Waals surface area contributed by atoms with Crippen LogP contribution in [-0.2, 0) is 15.0 Å². The standard InChI is InChI=1S/C16H23NO3/c1-6-7-14(18)12-8-10-13(11-9-12)16(2,3)15(19)17(4)20-5/h8-11H,6-7H2,1-5H3.